The molecule has 9 nitrogen and oxygen atoms in total. The molecule has 0 aliphatic carbocycles. The second-order valence-corrected chi connectivity index (χ2v) is 6.25. The van der Waals surface area contributed by atoms with Crippen LogP contribution in [0, 0.1) is 5.41 Å². The Kier molecular flexibility index (Phi) is 5.08. The highest BCUT2D eigenvalue weighted by Crippen LogP contribution is 2.34. The number of phenolic OH excluding ortho intramolecular Hbond substituents is 1. The van der Waals surface area contributed by atoms with E-state index < -0.39 is 0 Å². The van der Waals surface area contributed by atoms with Crippen LogP contribution in [0.3, 0.4) is 0 Å². The van der Waals surface area contributed by atoms with E-state index in [1.165, 1.54) is 13.3 Å². The van der Waals surface area contributed by atoms with E-state index >= 15 is 0 Å². The van der Waals surface area contributed by atoms with Crippen molar-refractivity contribution in [1.82, 2.24) is 9.71 Å². The number of methoxy groups -OCH3 is 1. The molecule has 5 N–H and O–H groups in total. The molecule has 0 saturated carbocycles. The van der Waals surface area contributed by atoms with Crippen molar-refractivity contribution in [1.29, 1.82) is 5.41 Å². The maximum atomic E-state index is 10.1. The molecule has 0 aliphatic heterocycles. The van der Waals surface area contributed by atoms with Gasteiger partial charge in [0.1, 0.15) is 5.52 Å². The Hall–Kier alpha value is -3.40. The van der Waals surface area contributed by atoms with Crippen LogP contribution in [0.4, 0.5) is 0 Å². The van der Waals surface area contributed by atoms with Crippen LogP contribution in [0.15, 0.2) is 51.1 Å². The van der Waals surface area contributed by atoms with Crippen molar-refractivity contribution >= 4 is 39.0 Å². The first-order valence-electron chi connectivity index (χ1n) is 7.61. The molecule has 3 aromatic rings. The van der Waals surface area contributed by atoms with Crippen LogP contribution < -0.4 is 16.0 Å². The number of para-hydroxylation sites is 2. The zero-order valence-corrected chi connectivity index (χ0v) is 15.7. The maximum absolute atomic E-state index is 10.1. The number of aromatic nitrogens is 2. The fraction of sp³-hybridized carbons (Fsp3) is 0.0588. The van der Waals surface area contributed by atoms with Gasteiger partial charge in [0, 0.05) is 0 Å². The summed E-state index contributed by atoms with van der Waals surface area (Å²) >= 11 is 3.22. The second-order valence-electron chi connectivity index (χ2n) is 5.39. The lowest BCUT2D eigenvalue weighted by atomic mass is 10.2. The minimum absolute atomic E-state index is 0.00202. The van der Waals surface area contributed by atoms with Crippen molar-refractivity contribution in [2.45, 2.75) is 0 Å². The summed E-state index contributed by atoms with van der Waals surface area (Å²) in [5, 5.41) is 35.6. The van der Waals surface area contributed by atoms with Gasteiger partial charge in [-0.1, -0.05) is 12.1 Å². The zero-order valence-electron chi connectivity index (χ0n) is 14.1. The first-order chi connectivity index (χ1) is 12.9. The number of nitrogens with two attached hydrogens (primary N) is 1. The number of nitrogens with one attached hydrogen (secondary N) is 1. The molecule has 0 aliphatic rings. The number of halogens is 1. The van der Waals surface area contributed by atoms with E-state index in [1.807, 2.05) is 0 Å². The zero-order chi connectivity index (χ0) is 19.6. The highest BCUT2D eigenvalue weighted by atomic mass is 79.9. The molecular weight excluding hydrogens is 416 g/mol. The first-order valence-corrected chi connectivity index (χ1v) is 8.40. The maximum Gasteiger partial charge on any atom is 0.191 e. The number of phenols is 1. The molecule has 138 valence electrons. The molecule has 0 saturated heterocycles. The number of rotatable bonds is 4. The molecule has 0 fully saturated rings. The van der Waals surface area contributed by atoms with Crippen molar-refractivity contribution in [2.24, 2.45) is 15.9 Å². The Morgan fingerprint density at radius 1 is 1.37 bits per heavy atom. The number of amidine groups is 1. The third-order valence-corrected chi connectivity index (χ3v) is 4.27. The highest BCUT2D eigenvalue weighted by molar-refractivity contribution is 9.10. The number of hydrogen-bond donors (Lipinski definition) is 4. The third-order valence-electron chi connectivity index (χ3n) is 3.66. The summed E-state index contributed by atoms with van der Waals surface area (Å²) < 4.78 is 6.19. The van der Waals surface area contributed by atoms with Crippen molar-refractivity contribution in [3.8, 4) is 11.5 Å². The number of hydrogen-bond acceptors (Lipinski definition) is 7. The van der Waals surface area contributed by atoms with Gasteiger partial charge in [0.05, 0.1) is 23.3 Å². The Morgan fingerprint density at radius 3 is 2.85 bits per heavy atom. The van der Waals surface area contributed by atoms with Crippen LogP contribution >= 0.6 is 15.9 Å². The van der Waals surface area contributed by atoms with Gasteiger partial charge in [-0.2, -0.15) is 9.83 Å². The van der Waals surface area contributed by atoms with Crippen molar-refractivity contribution in [3.63, 3.8) is 0 Å². The van der Waals surface area contributed by atoms with Crippen LogP contribution in [-0.4, -0.2) is 39.2 Å². The monoisotopic (exact) mass is 430 g/mol. The molecule has 0 spiro atoms. The molecule has 10 heteroatoms. The fourth-order valence-electron chi connectivity index (χ4n) is 2.34. The smallest absolute Gasteiger partial charge is 0.191 e. The summed E-state index contributed by atoms with van der Waals surface area (Å²) in [4.78, 5) is 4.26. The Morgan fingerprint density at radius 2 is 2.11 bits per heavy atom. The number of benzene rings is 2. The minimum atomic E-state index is -0.306. The van der Waals surface area contributed by atoms with Crippen molar-refractivity contribution < 1.29 is 15.1 Å². The summed E-state index contributed by atoms with van der Waals surface area (Å²) in [6, 6.07) is 9.99. The average molecular weight is 431 g/mol. The fourth-order valence-corrected chi connectivity index (χ4v) is 2.80. The predicted octanol–water partition coefficient (Wildman–Crippen LogP) is 1.97. The summed E-state index contributed by atoms with van der Waals surface area (Å²) in [5.74, 6) is 0.118. The SMILES string of the molecule is COc1cc(/C=N/N=C(/N)c2nc3ccccc3n(O)c2=N)cc(Br)c1O. The van der Waals surface area contributed by atoms with Crippen LogP contribution in [0.5, 0.6) is 11.5 Å². The molecule has 0 atom stereocenters. The summed E-state index contributed by atoms with van der Waals surface area (Å²) in [6.07, 6.45) is 1.40. The van der Waals surface area contributed by atoms with Crippen LogP contribution in [0.1, 0.15) is 11.3 Å². The summed E-state index contributed by atoms with van der Waals surface area (Å²) in [5.41, 5.74) is 7.01. The molecule has 0 unspecified atom stereocenters. The number of fused-ring (bicyclic) bond motifs is 1. The predicted molar refractivity (Wildman–Crippen MR) is 103 cm³/mol. The standard InChI is InChI=1S/C17H15BrN6O3/c1-27-13-7-9(6-10(18)15(13)25)8-21-23-16(19)14-17(20)24(26)12-5-3-2-4-11(12)22-14/h2-8,20,25-26H,1H3,(H2,19,23)/b20-17?,21-8+. The number of nitrogens with zero attached hydrogens (tertiary/aromatic N) is 4. The Balaban J connectivity index is 1.96. The van der Waals surface area contributed by atoms with Crippen molar-refractivity contribution in [3.05, 3.63) is 57.6 Å². The highest BCUT2D eigenvalue weighted by Gasteiger charge is 2.11. The summed E-state index contributed by atoms with van der Waals surface area (Å²) in [7, 11) is 1.43. The normalized spacial score (nSPS) is 12.0. The van der Waals surface area contributed by atoms with E-state index in [4.69, 9.17) is 15.9 Å². The minimum Gasteiger partial charge on any atom is -0.503 e. The Labute approximate surface area is 161 Å². The van der Waals surface area contributed by atoms with Gasteiger partial charge in [-0.15, -0.1) is 5.10 Å². The van der Waals surface area contributed by atoms with E-state index in [2.05, 4.69) is 31.1 Å². The van der Waals surface area contributed by atoms with E-state index in [0.717, 1.165) is 0 Å². The van der Waals surface area contributed by atoms with Crippen LogP contribution in [0.25, 0.3) is 11.0 Å². The molecule has 3 rings (SSSR count). The largest absolute Gasteiger partial charge is 0.503 e. The molecule has 2 aromatic carbocycles. The van der Waals surface area contributed by atoms with Gasteiger partial charge in [0.15, 0.2) is 28.5 Å². The van der Waals surface area contributed by atoms with Gasteiger partial charge in [-0.3, -0.25) is 5.41 Å². The molecular formula is C17H15BrN6O3. The molecule has 0 radical (unpaired) electrons. The van der Waals surface area contributed by atoms with Crippen LogP contribution in [-0.2, 0) is 0 Å². The number of ether oxygens (including phenoxy) is 1. The van der Waals surface area contributed by atoms with Gasteiger partial charge in [-0.05, 0) is 45.8 Å². The quantitative estimate of drug-likeness (QED) is 0.216. The van der Waals surface area contributed by atoms with Crippen molar-refractivity contribution in [2.75, 3.05) is 7.11 Å². The lowest BCUT2D eigenvalue weighted by Gasteiger charge is -2.07. The van der Waals surface area contributed by atoms with Crippen LogP contribution in [0.2, 0.25) is 0 Å². The molecule has 1 heterocycles. The average Bonchev–Trinajstić information content (AvgIpc) is 2.67. The number of aromatic hydroxyl groups is 1. The third kappa shape index (κ3) is 3.60. The molecule has 27 heavy (non-hydrogen) atoms. The Bertz CT molecular complexity index is 1140. The van der Waals surface area contributed by atoms with Gasteiger partial charge < -0.3 is 20.8 Å². The summed E-state index contributed by atoms with van der Waals surface area (Å²) in [6.45, 7) is 0. The van der Waals surface area contributed by atoms with Gasteiger partial charge in [-0.25, -0.2) is 4.98 Å². The molecule has 0 amide bonds. The van der Waals surface area contributed by atoms with E-state index in [9.17, 15) is 10.3 Å². The molecule has 1 aromatic heterocycles. The van der Waals surface area contributed by atoms with E-state index in [1.54, 1.807) is 36.4 Å². The van der Waals surface area contributed by atoms with Gasteiger partial charge in [0.2, 0.25) is 0 Å². The van der Waals surface area contributed by atoms with Gasteiger partial charge >= 0.3 is 0 Å². The van der Waals surface area contributed by atoms with E-state index in [-0.39, 0.29) is 28.5 Å². The first kappa shape index (κ1) is 18.4. The lowest BCUT2D eigenvalue weighted by molar-refractivity contribution is 0.183. The lowest BCUT2D eigenvalue weighted by Crippen LogP contribution is -2.31. The molecule has 0 bridgehead atoms. The van der Waals surface area contributed by atoms with E-state index in [0.29, 0.717) is 25.8 Å². The second kappa shape index (κ2) is 7.46. The van der Waals surface area contributed by atoms with Gasteiger partial charge in [0.25, 0.3) is 0 Å². The topological polar surface area (TPSA) is 142 Å².